The lowest BCUT2D eigenvalue weighted by atomic mass is 10.0. The van der Waals surface area contributed by atoms with Gasteiger partial charge in [0, 0.05) is 15.1 Å². The summed E-state index contributed by atoms with van der Waals surface area (Å²) in [5.41, 5.74) is 4.32. The van der Waals surface area contributed by atoms with Gasteiger partial charge >= 0.3 is 0 Å². The number of amides is 1. The van der Waals surface area contributed by atoms with Crippen molar-refractivity contribution in [2.75, 3.05) is 6.61 Å². The number of hydrazone groups is 1. The van der Waals surface area contributed by atoms with Gasteiger partial charge < -0.3 is 9.47 Å². The maximum Gasteiger partial charge on any atom is 0.277 e. The van der Waals surface area contributed by atoms with Gasteiger partial charge in [-0.05, 0) is 58.8 Å². The van der Waals surface area contributed by atoms with Crippen LogP contribution in [-0.4, -0.2) is 18.7 Å². The van der Waals surface area contributed by atoms with Crippen molar-refractivity contribution < 1.29 is 14.3 Å². The molecule has 0 aromatic heterocycles. The van der Waals surface area contributed by atoms with Gasteiger partial charge in [-0.3, -0.25) is 4.79 Å². The van der Waals surface area contributed by atoms with Crippen LogP contribution in [0.15, 0.2) is 94.5 Å². The molecule has 0 aliphatic heterocycles. The lowest BCUT2D eigenvalue weighted by molar-refractivity contribution is -0.123. The maximum atomic E-state index is 12.2. The third-order valence-corrected chi connectivity index (χ3v) is 5.53. The van der Waals surface area contributed by atoms with E-state index < -0.39 is 0 Å². The molecule has 166 valence electrons. The summed E-state index contributed by atoms with van der Waals surface area (Å²) in [5, 5.41) is 6.76. The second-order valence-corrected chi connectivity index (χ2v) is 8.50. The number of ether oxygens (including phenoxy) is 2. The van der Waals surface area contributed by atoms with Crippen LogP contribution in [0.4, 0.5) is 0 Å². The zero-order valence-electron chi connectivity index (χ0n) is 17.5. The average Bonchev–Trinajstić information content (AvgIpc) is 2.83. The predicted octanol–water partition coefficient (Wildman–Crippen LogP) is 6.36. The van der Waals surface area contributed by atoms with Crippen molar-refractivity contribution in [3.63, 3.8) is 0 Å². The number of nitrogens with one attached hydrogen (secondary N) is 1. The summed E-state index contributed by atoms with van der Waals surface area (Å²) in [4.78, 5) is 12.2. The number of hydrogen-bond donors (Lipinski definition) is 1. The molecule has 0 heterocycles. The minimum absolute atomic E-state index is 0.166. The van der Waals surface area contributed by atoms with E-state index in [4.69, 9.17) is 21.1 Å². The SMILES string of the molecule is O=C(COc1ccc(Cl)cc1)NN=Cc1c(OCc2cccc(Br)c2)ccc2ccccc12. The van der Waals surface area contributed by atoms with E-state index >= 15 is 0 Å². The van der Waals surface area contributed by atoms with E-state index in [0.29, 0.717) is 23.1 Å². The Morgan fingerprint density at radius 1 is 0.970 bits per heavy atom. The Kier molecular flexibility index (Phi) is 7.60. The highest BCUT2D eigenvalue weighted by Gasteiger charge is 2.09. The minimum atomic E-state index is -0.377. The summed E-state index contributed by atoms with van der Waals surface area (Å²) in [6.45, 7) is 0.237. The molecule has 4 rings (SSSR count). The van der Waals surface area contributed by atoms with Gasteiger partial charge in [0.05, 0.1) is 6.21 Å². The minimum Gasteiger partial charge on any atom is -0.488 e. The second kappa shape index (κ2) is 11.0. The zero-order chi connectivity index (χ0) is 23.0. The van der Waals surface area contributed by atoms with Crippen molar-refractivity contribution in [2.24, 2.45) is 5.10 Å². The normalized spacial score (nSPS) is 11.0. The quantitative estimate of drug-likeness (QED) is 0.216. The van der Waals surface area contributed by atoms with Gasteiger partial charge in [-0.1, -0.05) is 70.0 Å². The second-order valence-electron chi connectivity index (χ2n) is 7.15. The molecular formula is C26H20BrClN2O3. The van der Waals surface area contributed by atoms with Gasteiger partial charge in [-0.25, -0.2) is 5.43 Å². The molecule has 0 saturated heterocycles. The average molecular weight is 524 g/mol. The third-order valence-electron chi connectivity index (χ3n) is 4.78. The fourth-order valence-electron chi connectivity index (χ4n) is 3.20. The number of carbonyl (C=O) groups excluding carboxylic acids is 1. The first-order valence-electron chi connectivity index (χ1n) is 10.2. The van der Waals surface area contributed by atoms with E-state index in [1.807, 2.05) is 60.7 Å². The Morgan fingerprint density at radius 3 is 2.61 bits per heavy atom. The molecule has 1 amide bonds. The van der Waals surface area contributed by atoms with E-state index in [1.165, 1.54) is 0 Å². The van der Waals surface area contributed by atoms with E-state index in [1.54, 1.807) is 30.5 Å². The number of rotatable bonds is 8. The number of nitrogens with zero attached hydrogens (tertiary/aromatic N) is 1. The van der Waals surface area contributed by atoms with Crippen molar-refractivity contribution >= 4 is 50.4 Å². The van der Waals surface area contributed by atoms with E-state index in [2.05, 4.69) is 26.5 Å². The standard InChI is InChI=1S/C26H20BrClN2O3/c27-20-6-3-4-18(14-20)16-33-25-13-8-19-5-1-2-7-23(19)24(25)15-29-30-26(31)17-32-22-11-9-21(28)10-12-22/h1-15H,16-17H2,(H,30,31). The Hall–Kier alpha value is -3.35. The van der Waals surface area contributed by atoms with Crippen molar-refractivity contribution in [3.05, 3.63) is 106 Å². The fraction of sp³-hybridized carbons (Fsp3) is 0.0769. The number of benzene rings is 4. The number of fused-ring (bicyclic) bond motifs is 1. The van der Waals surface area contributed by atoms with Gasteiger partial charge in [0.2, 0.25) is 0 Å². The van der Waals surface area contributed by atoms with Crippen molar-refractivity contribution in [3.8, 4) is 11.5 Å². The lowest BCUT2D eigenvalue weighted by Crippen LogP contribution is -2.24. The van der Waals surface area contributed by atoms with Crippen LogP contribution in [-0.2, 0) is 11.4 Å². The summed E-state index contributed by atoms with van der Waals surface area (Å²) in [6, 6.07) is 26.6. The highest BCUT2D eigenvalue weighted by atomic mass is 79.9. The third kappa shape index (κ3) is 6.34. The molecule has 0 atom stereocenters. The molecule has 0 fully saturated rings. The van der Waals surface area contributed by atoms with E-state index in [0.717, 1.165) is 26.4 Å². The first-order valence-corrected chi connectivity index (χ1v) is 11.3. The van der Waals surface area contributed by atoms with Gasteiger partial charge in [0.25, 0.3) is 5.91 Å². The molecule has 7 heteroatoms. The largest absolute Gasteiger partial charge is 0.488 e. The molecule has 0 saturated carbocycles. The Balaban J connectivity index is 1.46. The lowest BCUT2D eigenvalue weighted by Gasteiger charge is -2.12. The molecule has 4 aromatic carbocycles. The molecule has 0 radical (unpaired) electrons. The Labute approximate surface area is 205 Å². The smallest absolute Gasteiger partial charge is 0.277 e. The van der Waals surface area contributed by atoms with Crippen molar-refractivity contribution in [1.82, 2.24) is 5.43 Å². The number of hydrogen-bond acceptors (Lipinski definition) is 4. The number of halogens is 2. The topological polar surface area (TPSA) is 59.9 Å². The van der Waals surface area contributed by atoms with Crippen LogP contribution in [0, 0.1) is 0 Å². The predicted molar refractivity (Wildman–Crippen MR) is 135 cm³/mol. The summed E-state index contributed by atoms with van der Waals surface area (Å²) in [6.07, 6.45) is 1.60. The van der Waals surface area contributed by atoms with Crippen LogP contribution in [0.5, 0.6) is 11.5 Å². The van der Waals surface area contributed by atoms with Crippen LogP contribution in [0.25, 0.3) is 10.8 Å². The Morgan fingerprint density at radius 2 is 1.79 bits per heavy atom. The molecule has 33 heavy (non-hydrogen) atoms. The first-order chi connectivity index (χ1) is 16.1. The molecule has 0 spiro atoms. The number of carbonyl (C=O) groups is 1. The van der Waals surface area contributed by atoms with Crippen molar-refractivity contribution in [2.45, 2.75) is 6.61 Å². The molecule has 4 aromatic rings. The van der Waals surface area contributed by atoms with Gasteiger partial charge in [0.15, 0.2) is 6.61 Å². The molecular weight excluding hydrogens is 504 g/mol. The van der Waals surface area contributed by atoms with Gasteiger partial charge in [-0.2, -0.15) is 5.10 Å². The highest BCUT2D eigenvalue weighted by molar-refractivity contribution is 9.10. The molecule has 0 bridgehead atoms. The van der Waals surface area contributed by atoms with Gasteiger partial charge in [-0.15, -0.1) is 0 Å². The van der Waals surface area contributed by atoms with E-state index in [-0.39, 0.29) is 12.5 Å². The summed E-state index contributed by atoms with van der Waals surface area (Å²) in [5.74, 6) is 0.845. The maximum absolute atomic E-state index is 12.2. The fourth-order valence-corrected chi connectivity index (χ4v) is 3.78. The monoisotopic (exact) mass is 522 g/mol. The zero-order valence-corrected chi connectivity index (χ0v) is 19.8. The van der Waals surface area contributed by atoms with Crippen LogP contribution >= 0.6 is 27.5 Å². The van der Waals surface area contributed by atoms with Gasteiger partial charge in [0.1, 0.15) is 18.1 Å². The molecule has 5 nitrogen and oxygen atoms in total. The summed E-state index contributed by atoms with van der Waals surface area (Å²) >= 11 is 9.33. The first kappa shape index (κ1) is 22.8. The van der Waals surface area contributed by atoms with Crippen LogP contribution < -0.4 is 14.9 Å². The summed E-state index contributed by atoms with van der Waals surface area (Å²) in [7, 11) is 0. The molecule has 0 aliphatic rings. The van der Waals surface area contributed by atoms with Crippen LogP contribution in [0.2, 0.25) is 5.02 Å². The van der Waals surface area contributed by atoms with Crippen LogP contribution in [0.3, 0.4) is 0 Å². The Bertz CT molecular complexity index is 1290. The molecule has 0 aliphatic carbocycles. The molecule has 0 unspecified atom stereocenters. The van der Waals surface area contributed by atoms with Crippen molar-refractivity contribution in [1.29, 1.82) is 0 Å². The van der Waals surface area contributed by atoms with E-state index in [9.17, 15) is 4.79 Å². The highest BCUT2D eigenvalue weighted by Crippen LogP contribution is 2.27. The summed E-state index contributed by atoms with van der Waals surface area (Å²) < 4.78 is 12.5. The van der Waals surface area contributed by atoms with Crippen LogP contribution in [0.1, 0.15) is 11.1 Å². The molecule has 1 N–H and O–H groups in total.